The lowest BCUT2D eigenvalue weighted by molar-refractivity contribution is 0.992. The van der Waals surface area contributed by atoms with Crippen LogP contribution in [0.15, 0.2) is 29.8 Å². The van der Waals surface area contributed by atoms with Crippen molar-refractivity contribution in [1.82, 2.24) is 9.38 Å². The number of benzene rings is 1. The standard InChI is InChI=1S/C15H14N4S/c1-10-3-4-12(8-16)7-13(10)17-9-14-11(2)18-15-19(14)5-6-20-15/h3-7,17H,9H2,1-2H3. The van der Waals surface area contributed by atoms with Gasteiger partial charge in [-0.15, -0.1) is 11.3 Å². The summed E-state index contributed by atoms with van der Waals surface area (Å²) < 4.78 is 2.11. The summed E-state index contributed by atoms with van der Waals surface area (Å²) in [5.41, 5.74) is 4.99. The van der Waals surface area contributed by atoms with Gasteiger partial charge in [-0.2, -0.15) is 5.26 Å². The van der Waals surface area contributed by atoms with Crippen LogP contribution in [0.1, 0.15) is 22.5 Å². The zero-order valence-electron chi connectivity index (χ0n) is 11.3. The van der Waals surface area contributed by atoms with Gasteiger partial charge in [-0.25, -0.2) is 4.98 Å². The molecule has 0 saturated heterocycles. The van der Waals surface area contributed by atoms with E-state index < -0.39 is 0 Å². The number of hydrogen-bond acceptors (Lipinski definition) is 4. The Labute approximate surface area is 121 Å². The number of thiazole rings is 1. The molecule has 0 unspecified atom stereocenters. The lowest BCUT2D eigenvalue weighted by Crippen LogP contribution is -2.05. The Morgan fingerprint density at radius 1 is 1.40 bits per heavy atom. The van der Waals surface area contributed by atoms with E-state index in [2.05, 4.69) is 20.8 Å². The molecule has 1 N–H and O–H groups in total. The van der Waals surface area contributed by atoms with Crippen molar-refractivity contribution in [2.24, 2.45) is 0 Å². The SMILES string of the molecule is Cc1ccc(C#N)cc1NCc1c(C)nc2sccn12. The van der Waals surface area contributed by atoms with E-state index in [4.69, 9.17) is 5.26 Å². The van der Waals surface area contributed by atoms with Gasteiger partial charge in [-0.3, -0.25) is 4.40 Å². The normalized spacial score (nSPS) is 10.7. The average Bonchev–Trinajstić information content (AvgIpc) is 2.99. The van der Waals surface area contributed by atoms with Crippen LogP contribution in [-0.2, 0) is 6.54 Å². The van der Waals surface area contributed by atoms with Crippen LogP contribution in [0.25, 0.3) is 4.96 Å². The number of anilines is 1. The van der Waals surface area contributed by atoms with Gasteiger partial charge in [0, 0.05) is 17.3 Å². The summed E-state index contributed by atoms with van der Waals surface area (Å²) in [5.74, 6) is 0. The summed E-state index contributed by atoms with van der Waals surface area (Å²) in [6.45, 7) is 4.75. The number of fused-ring (bicyclic) bond motifs is 1. The second-order valence-corrected chi connectivity index (χ2v) is 5.57. The Balaban J connectivity index is 1.88. The fourth-order valence-corrected chi connectivity index (χ4v) is 2.99. The summed E-state index contributed by atoms with van der Waals surface area (Å²) in [6, 6.07) is 7.85. The Morgan fingerprint density at radius 2 is 2.25 bits per heavy atom. The molecule has 1 aromatic carbocycles. The molecule has 0 radical (unpaired) electrons. The summed E-state index contributed by atoms with van der Waals surface area (Å²) in [6.07, 6.45) is 2.04. The van der Waals surface area contributed by atoms with Crippen LogP contribution in [0.2, 0.25) is 0 Å². The van der Waals surface area contributed by atoms with E-state index in [0.717, 1.165) is 27.6 Å². The van der Waals surface area contributed by atoms with Gasteiger partial charge in [0.05, 0.1) is 29.6 Å². The second-order valence-electron chi connectivity index (χ2n) is 4.69. The Hall–Kier alpha value is -2.32. The molecule has 0 aliphatic heterocycles. The minimum absolute atomic E-state index is 0.670. The predicted octanol–water partition coefficient (Wildman–Crippen LogP) is 3.50. The monoisotopic (exact) mass is 282 g/mol. The number of nitrogens with one attached hydrogen (secondary N) is 1. The van der Waals surface area contributed by atoms with E-state index >= 15 is 0 Å². The number of hydrogen-bond donors (Lipinski definition) is 1. The van der Waals surface area contributed by atoms with Crippen molar-refractivity contribution in [2.45, 2.75) is 20.4 Å². The van der Waals surface area contributed by atoms with E-state index in [9.17, 15) is 0 Å². The smallest absolute Gasteiger partial charge is 0.194 e. The topological polar surface area (TPSA) is 53.1 Å². The molecule has 0 fully saturated rings. The van der Waals surface area contributed by atoms with E-state index in [0.29, 0.717) is 12.1 Å². The zero-order chi connectivity index (χ0) is 14.1. The number of aryl methyl sites for hydroxylation is 2. The third kappa shape index (κ3) is 2.15. The maximum absolute atomic E-state index is 8.97. The highest BCUT2D eigenvalue weighted by Gasteiger charge is 2.09. The highest BCUT2D eigenvalue weighted by molar-refractivity contribution is 7.15. The molecule has 0 aliphatic rings. The fraction of sp³-hybridized carbons (Fsp3) is 0.200. The van der Waals surface area contributed by atoms with E-state index in [-0.39, 0.29) is 0 Å². The van der Waals surface area contributed by atoms with Crippen molar-refractivity contribution in [3.05, 3.63) is 52.3 Å². The average molecular weight is 282 g/mol. The van der Waals surface area contributed by atoms with Crippen molar-refractivity contribution in [2.75, 3.05) is 5.32 Å². The summed E-state index contributed by atoms with van der Waals surface area (Å²) in [7, 11) is 0. The van der Waals surface area contributed by atoms with E-state index in [1.807, 2.05) is 43.6 Å². The first-order valence-electron chi connectivity index (χ1n) is 6.34. The predicted molar refractivity (Wildman–Crippen MR) is 81.0 cm³/mol. The molecule has 5 heteroatoms. The van der Waals surface area contributed by atoms with E-state index in [1.54, 1.807) is 11.3 Å². The minimum Gasteiger partial charge on any atom is -0.379 e. The minimum atomic E-state index is 0.670. The first-order valence-corrected chi connectivity index (χ1v) is 7.22. The number of imidazole rings is 1. The Morgan fingerprint density at radius 3 is 3.05 bits per heavy atom. The molecule has 0 atom stereocenters. The lowest BCUT2D eigenvalue weighted by atomic mass is 10.1. The van der Waals surface area contributed by atoms with Gasteiger partial charge in [0.1, 0.15) is 0 Å². The van der Waals surface area contributed by atoms with Crippen LogP contribution >= 0.6 is 11.3 Å². The number of aromatic nitrogens is 2. The highest BCUT2D eigenvalue weighted by Crippen LogP contribution is 2.20. The number of rotatable bonds is 3. The summed E-state index contributed by atoms with van der Waals surface area (Å²) >= 11 is 1.63. The fourth-order valence-electron chi connectivity index (χ4n) is 2.21. The molecule has 4 nitrogen and oxygen atoms in total. The van der Waals surface area contributed by atoms with Gasteiger partial charge >= 0.3 is 0 Å². The molecule has 0 spiro atoms. The van der Waals surface area contributed by atoms with Crippen LogP contribution in [0.3, 0.4) is 0 Å². The van der Waals surface area contributed by atoms with Crippen molar-refractivity contribution in [3.63, 3.8) is 0 Å². The molecule has 0 amide bonds. The molecule has 0 aliphatic carbocycles. The van der Waals surface area contributed by atoms with Gasteiger partial charge in [-0.05, 0) is 31.5 Å². The third-order valence-electron chi connectivity index (χ3n) is 3.37. The molecule has 0 bridgehead atoms. The number of nitriles is 1. The van der Waals surface area contributed by atoms with Gasteiger partial charge in [-0.1, -0.05) is 6.07 Å². The summed E-state index contributed by atoms with van der Waals surface area (Å²) in [4.78, 5) is 5.55. The molecular formula is C15H14N4S. The Bertz CT molecular complexity index is 807. The largest absolute Gasteiger partial charge is 0.379 e. The highest BCUT2D eigenvalue weighted by atomic mass is 32.1. The van der Waals surface area contributed by atoms with Crippen LogP contribution in [0.4, 0.5) is 5.69 Å². The first-order chi connectivity index (χ1) is 9.69. The van der Waals surface area contributed by atoms with Crippen molar-refractivity contribution >= 4 is 22.0 Å². The van der Waals surface area contributed by atoms with Crippen LogP contribution in [-0.4, -0.2) is 9.38 Å². The molecule has 0 saturated carbocycles. The number of nitrogens with zero attached hydrogens (tertiary/aromatic N) is 3. The van der Waals surface area contributed by atoms with Crippen LogP contribution < -0.4 is 5.32 Å². The molecule has 2 heterocycles. The third-order valence-corrected chi connectivity index (χ3v) is 4.13. The molecule has 20 heavy (non-hydrogen) atoms. The van der Waals surface area contributed by atoms with Gasteiger partial charge in [0.2, 0.25) is 0 Å². The molecule has 100 valence electrons. The van der Waals surface area contributed by atoms with Gasteiger partial charge in [0.25, 0.3) is 0 Å². The maximum atomic E-state index is 8.97. The molecule has 3 aromatic rings. The van der Waals surface area contributed by atoms with Gasteiger partial charge in [0.15, 0.2) is 4.96 Å². The lowest BCUT2D eigenvalue weighted by Gasteiger charge is -2.10. The quantitative estimate of drug-likeness (QED) is 0.800. The van der Waals surface area contributed by atoms with Crippen molar-refractivity contribution in [1.29, 1.82) is 5.26 Å². The summed E-state index contributed by atoms with van der Waals surface area (Å²) in [5, 5.41) is 14.4. The van der Waals surface area contributed by atoms with Crippen LogP contribution in [0.5, 0.6) is 0 Å². The molecule has 3 rings (SSSR count). The molecular weight excluding hydrogens is 268 g/mol. The zero-order valence-corrected chi connectivity index (χ0v) is 12.2. The van der Waals surface area contributed by atoms with Crippen molar-refractivity contribution < 1.29 is 0 Å². The van der Waals surface area contributed by atoms with Gasteiger partial charge < -0.3 is 5.32 Å². The van der Waals surface area contributed by atoms with Crippen molar-refractivity contribution in [3.8, 4) is 6.07 Å². The Kier molecular flexibility index (Phi) is 3.17. The maximum Gasteiger partial charge on any atom is 0.194 e. The van der Waals surface area contributed by atoms with E-state index in [1.165, 1.54) is 0 Å². The first kappa shape index (κ1) is 12.7. The molecule has 2 aromatic heterocycles. The van der Waals surface area contributed by atoms with Crippen LogP contribution in [0, 0.1) is 25.2 Å². The second kappa shape index (κ2) is 4.99.